The number of aliphatic hydroxyl groups is 1. The van der Waals surface area contributed by atoms with Crippen LogP contribution in [0.2, 0.25) is 0 Å². The number of ether oxygens (including phenoxy) is 9. The summed E-state index contributed by atoms with van der Waals surface area (Å²) in [4.78, 5) is 0. The molecule has 0 unspecified atom stereocenters. The van der Waals surface area contributed by atoms with E-state index in [9.17, 15) is 5.11 Å². The van der Waals surface area contributed by atoms with Gasteiger partial charge in [0, 0.05) is 0 Å². The van der Waals surface area contributed by atoms with E-state index in [0.29, 0.717) is 19.8 Å². The predicted octanol–water partition coefficient (Wildman–Crippen LogP) is 9.32. The Morgan fingerprint density at radius 3 is 1.15 bits per heavy atom. The molecule has 0 radical (unpaired) electrons. The third-order valence-corrected chi connectivity index (χ3v) is 12.5. The lowest BCUT2D eigenvalue weighted by Gasteiger charge is -2.49. The van der Waals surface area contributed by atoms with E-state index in [1.54, 1.807) is 11.8 Å². The van der Waals surface area contributed by atoms with E-state index >= 15 is 0 Å². The van der Waals surface area contributed by atoms with Gasteiger partial charge in [-0.05, 0) is 39.6 Å². The maximum atomic E-state index is 12.3. The van der Waals surface area contributed by atoms with E-state index in [4.69, 9.17) is 42.6 Å². The summed E-state index contributed by atoms with van der Waals surface area (Å²) in [5.74, 6) is 0. The fourth-order valence-electron chi connectivity index (χ4n) is 8.19. The molecule has 2 fully saturated rings. The quantitative estimate of drug-likeness (QED) is 0.0666. The van der Waals surface area contributed by atoms with Gasteiger partial charge in [-0.2, -0.15) is 0 Å². The van der Waals surface area contributed by atoms with Crippen molar-refractivity contribution in [2.45, 2.75) is 100 Å². The van der Waals surface area contributed by atoms with E-state index in [2.05, 4.69) is 0 Å². The molecular formula is C55H60O10S. The van der Waals surface area contributed by atoms with Gasteiger partial charge in [-0.3, -0.25) is 0 Å². The van der Waals surface area contributed by atoms with Crippen LogP contribution in [0.5, 0.6) is 0 Å². The smallest absolute Gasteiger partial charge is 0.187 e. The fraction of sp³-hybridized carbons (Fsp3) is 0.345. The summed E-state index contributed by atoms with van der Waals surface area (Å²) in [6, 6.07) is 59.8. The minimum atomic E-state index is -1.15. The van der Waals surface area contributed by atoms with Crippen LogP contribution < -0.4 is 0 Å². The van der Waals surface area contributed by atoms with Gasteiger partial charge in [0.1, 0.15) is 54.3 Å². The minimum Gasteiger partial charge on any atom is -0.387 e. The molecule has 66 heavy (non-hydrogen) atoms. The molecule has 0 spiro atoms. The van der Waals surface area contributed by atoms with Crippen molar-refractivity contribution in [3.8, 4) is 0 Å². The van der Waals surface area contributed by atoms with E-state index in [0.717, 1.165) is 33.4 Å². The van der Waals surface area contributed by atoms with Gasteiger partial charge in [0.15, 0.2) is 6.29 Å². The monoisotopic (exact) mass is 912 g/mol. The maximum absolute atomic E-state index is 12.3. The molecule has 0 aromatic heterocycles. The van der Waals surface area contributed by atoms with Crippen molar-refractivity contribution in [3.05, 3.63) is 215 Å². The Morgan fingerprint density at radius 2 is 0.742 bits per heavy atom. The zero-order valence-corrected chi connectivity index (χ0v) is 38.1. The molecule has 6 aromatic rings. The molecule has 2 heterocycles. The highest BCUT2D eigenvalue weighted by Gasteiger charge is 2.53. The van der Waals surface area contributed by atoms with Crippen LogP contribution in [0.15, 0.2) is 182 Å². The number of hydrogen-bond donors (Lipinski definition) is 1. The second-order valence-corrected chi connectivity index (χ2v) is 17.4. The third-order valence-electron chi connectivity index (χ3n) is 11.7. The van der Waals surface area contributed by atoms with Crippen molar-refractivity contribution in [1.29, 1.82) is 0 Å². The summed E-state index contributed by atoms with van der Waals surface area (Å²) in [7, 11) is 0. The summed E-state index contributed by atoms with van der Waals surface area (Å²) in [5, 5.41) is 12.3. The highest BCUT2D eigenvalue weighted by Crippen LogP contribution is 2.37. The van der Waals surface area contributed by atoms with Crippen LogP contribution in [0.4, 0.5) is 0 Å². The molecular weight excluding hydrogens is 853 g/mol. The van der Waals surface area contributed by atoms with Gasteiger partial charge in [0.2, 0.25) is 0 Å². The van der Waals surface area contributed by atoms with Crippen LogP contribution in [0, 0.1) is 0 Å². The van der Waals surface area contributed by atoms with Crippen LogP contribution in [0.1, 0.15) is 33.4 Å². The fourth-order valence-corrected chi connectivity index (χ4v) is 8.95. The SMILES string of the molecule is CS[C@@H]1O[C@H](COCc2ccccc2)[C@@H](O[C@@H]2O[C@H](COCc3ccccc3)[C@H](O)[C@H](OCc3ccccc3)[C@H]2OCc2ccccc2)[C@H](OCc2ccccc2)[C@H]1OCc1ccccc1. The van der Waals surface area contributed by atoms with Gasteiger partial charge in [0.25, 0.3) is 0 Å². The Kier molecular flexibility index (Phi) is 18.4. The Balaban J connectivity index is 1.15. The largest absolute Gasteiger partial charge is 0.387 e. The number of aliphatic hydroxyl groups excluding tert-OH is 1. The van der Waals surface area contributed by atoms with Crippen LogP contribution >= 0.6 is 11.8 Å². The molecule has 6 aromatic carbocycles. The molecule has 2 aliphatic rings. The first-order valence-electron chi connectivity index (χ1n) is 22.6. The van der Waals surface area contributed by atoms with Gasteiger partial charge in [-0.15, -0.1) is 11.8 Å². The third kappa shape index (κ3) is 13.7. The Morgan fingerprint density at radius 1 is 0.394 bits per heavy atom. The van der Waals surface area contributed by atoms with E-state index < -0.39 is 60.6 Å². The first-order chi connectivity index (χ1) is 32.6. The summed E-state index contributed by atoms with van der Waals surface area (Å²) in [5.41, 5.74) is 5.48. The highest BCUT2D eigenvalue weighted by molar-refractivity contribution is 7.99. The first kappa shape index (κ1) is 47.8. The summed E-state index contributed by atoms with van der Waals surface area (Å²) < 4.78 is 61.3. The van der Waals surface area contributed by atoms with Crippen molar-refractivity contribution in [3.63, 3.8) is 0 Å². The molecule has 0 aliphatic carbocycles. The Labute approximate surface area is 393 Å². The van der Waals surface area contributed by atoms with E-state index in [1.165, 1.54) is 0 Å². The van der Waals surface area contributed by atoms with Crippen molar-refractivity contribution >= 4 is 11.8 Å². The lowest BCUT2D eigenvalue weighted by atomic mass is 9.96. The van der Waals surface area contributed by atoms with Crippen molar-refractivity contribution in [1.82, 2.24) is 0 Å². The lowest BCUT2D eigenvalue weighted by Crippen LogP contribution is -2.65. The molecule has 346 valence electrons. The molecule has 10 nitrogen and oxygen atoms in total. The molecule has 2 aliphatic heterocycles. The zero-order valence-electron chi connectivity index (χ0n) is 37.3. The highest BCUT2D eigenvalue weighted by atomic mass is 32.2. The number of thioether (sulfide) groups is 1. The average Bonchev–Trinajstić information content (AvgIpc) is 3.37. The van der Waals surface area contributed by atoms with Crippen molar-refractivity contribution in [2.24, 2.45) is 0 Å². The predicted molar refractivity (Wildman–Crippen MR) is 254 cm³/mol. The van der Waals surface area contributed by atoms with Crippen LogP contribution in [-0.2, 0) is 82.3 Å². The molecule has 0 bridgehead atoms. The molecule has 0 amide bonds. The van der Waals surface area contributed by atoms with E-state index in [1.807, 2.05) is 188 Å². The molecule has 11 heteroatoms. The summed E-state index contributed by atoms with van der Waals surface area (Å²) >= 11 is 1.55. The Bertz CT molecular complexity index is 2230. The second-order valence-electron chi connectivity index (χ2n) is 16.5. The first-order valence-corrected chi connectivity index (χ1v) is 23.9. The standard InChI is InChI=1S/C55H60O10S/c1-66-55-53(62-37-45-30-18-7-19-31-45)51(60-35-43-26-14-5-15-27-43)49(47(64-55)39-58-33-41-22-10-3-11-23-41)65-54-52(61-36-44-28-16-6-17-29-44)50(59-34-42-24-12-4-13-25-42)48(56)46(63-54)38-57-32-40-20-8-2-9-21-40/h2-31,46-56H,32-39H2,1H3/t46-,47-,48+,49-,50+,51+,52-,53-,54+,55+/m1/s1. The van der Waals surface area contributed by atoms with Crippen LogP contribution in [0.3, 0.4) is 0 Å². The molecule has 0 saturated carbocycles. The molecule has 8 rings (SSSR count). The number of hydrogen-bond acceptors (Lipinski definition) is 11. The Hall–Kier alpha value is -4.73. The zero-order chi connectivity index (χ0) is 45.2. The summed E-state index contributed by atoms with van der Waals surface area (Å²) in [6.07, 6.45) is -5.67. The minimum absolute atomic E-state index is 0.0581. The second kappa shape index (κ2) is 25.4. The van der Waals surface area contributed by atoms with Crippen LogP contribution in [-0.4, -0.2) is 85.1 Å². The molecule has 10 atom stereocenters. The average molecular weight is 913 g/mol. The van der Waals surface area contributed by atoms with Crippen molar-refractivity contribution in [2.75, 3.05) is 19.5 Å². The van der Waals surface area contributed by atoms with Gasteiger partial charge in [0.05, 0.1) is 52.9 Å². The van der Waals surface area contributed by atoms with Gasteiger partial charge < -0.3 is 47.7 Å². The van der Waals surface area contributed by atoms with Gasteiger partial charge in [-0.25, -0.2) is 0 Å². The van der Waals surface area contributed by atoms with Crippen LogP contribution in [0.25, 0.3) is 0 Å². The van der Waals surface area contributed by atoms with Gasteiger partial charge >= 0.3 is 0 Å². The summed E-state index contributed by atoms with van der Waals surface area (Å²) in [6.45, 7) is 1.96. The maximum Gasteiger partial charge on any atom is 0.187 e. The van der Waals surface area contributed by atoms with Crippen molar-refractivity contribution < 1.29 is 47.7 Å². The molecule has 1 N–H and O–H groups in total. The number of rotatable bonds is 23. The lowest BCUT2D eigenvalue weighted by molar-refractivity contribution is -0.356. The normalized spacial score (nSPS) is 25.4. The topological polar surface area (TPSA) is 103 Å². The number of benzene rings is 6. The van der Waals surface area contributed by atoms with E-state index in [-0.39, 0.29) is 33.0 Å². The van der Waals surface area contributed by atoms with Gasteiger partial charge in [-0.1, -0.05) is 182 Å². The molecule has 2 saturated heterocycles.